The Labute approximate surface area is 50.9 Å². The molecule has 0 aromatic rings. The lowest BCUT2D eigenvalue weighted by Crippen LogP contribution is -1.92. The van der Waals surface area contributed by atoms with Gasteiger partial charge in [-0.05, 0) is 0 Å². The van der Waals surface area contributed by atoms with E-state index in [-0.39, 0.29) is 12.5 Å². The van der Waals surface area contributed by atoms with Gasteiger partial charge in [-0.2, -0.15) is 4.99 Å². The van der Waals surface area contributed by atoms with Gasteiger partial charge in [0.1, 0.15) is 0 Å². The van der Waals surface area contributed by atoms with Gasteiger partial charge in [0.2, 0.25) is 6.08 Å². The van der Waals surface area contributed by atoms with Crippen molar-refractivity contribution in [3.8, 4) is 0 Å². The van der Waals surface area contributed by atoms with Gasteiger partial charge in [0.15, 0.2) is 13.0 Å². The van der Waals surface area contributed by atoms with E-state index >= 15 is 0 Å². The number of ether oxygens (including phenoxy) is 1. The maximum absolute atomic E-state index is 9.92. The Morgan fingerprint density at radius 3 is 2.56 bits per heavy atom. The van der Waals surface area contributed by atoms with Crippen LogP contribution in [0.4, 0.5) is 0 Å². The van der Waals surface area contributed by atoms with E-state index in [0.717, 1.165) is 12.5 Å². The number of carbonyl (C=O) groups is 1. The molecule has 0 saturated heterocycles. The van der Waals surface area contributed by atoms with Crippen molar-refractivity contribution < 1.29 is 14.3 Å². The second-order valence-corrected chi connectivity index (χ2v) is 1.04. The standard InChI is InChI=1S/C3H3NO2.CHNO/c5-3-1-6-2-4-3;2-1-3/h2H,1H2;2H. The van der Waals surface area contributed by atoms with E-state index in [0.29, 0.717) is 0 Å². The fraction of sp³-hybridized carbons (Fsp3) is 0.250. The molecule has 0 aromatic carbocycles. The molecule has 9 heavy (non-hydrogen) atoms. The second kappa shape index (κ2) is 4.67. The molecule has 0 atom stereocenters. The number of carbonyl (C=O) groups excluding carboxylic acids is 2. The highest BCUT2D eigenvalue weighted by molar-refractivity contribution is 5.88. The van der Waals surface area contributed by atoms with Crippen LogP contribution in [0.2, 0.25) is 0 Å². The summed E-state index contributed by atoms with van der Waals surface area (Å²) in [4.78, 5) is 21.5. The first-order valence-corrected chi connectivity index (χ1v) is 2.02. The minimum atomic E-state index is -0.199. The van der Waals surface area contributed by atoms with Gasteiger partial charge in [-0.3, -0.25) is 4.79 Å². The van der Waals surface area contributed by atoms with Crippen molar-refractivity contribution in [1.82, 2.24) is 0 Å². The fourth-order valence-corrected chi connectivity index (χ4v) is 0.242. The van der Waals surface area contributed by atoms with Crippen LogP contribution in [0.3, 0.4) is 0 Å². The van der Waals surface area contributed by atoms with Crippen LogP contribution < -0.4 is 0 Å². The molecular formula is C4H4N2O3. The minimum absolute atomic E-state index is 0.125. The molecular weight excluding hydrogens is 124 g/mol. The quantitative estimate of drug-likeness (QED) is 0.352. The molecule has 1 aliphatic rings. The van der Waals surface area contributed by atoms with Crippen LogP contribution in [0, 0.1) is 5.41 Å². The topological polar surface area (TPSA) is 79.6 Å². The first-order valence-electron chi connectivity index (χ1n) is 2.02. The van der Waals surface area contributed by atoms with E-state index < -0.39 is 0 Å². The average molecular weight is 128 g/mol. The third kappa shape index (κ3) is 4.37. The maximum Gasteiger partial charge on any atom is 0.286 e. The number of hydrogen-bond donors (Lipinski definition) is 1. The van der Waals surface area contributed by atoms with E-state index in [1.54, 1.807) is 0 Å². The summed E-state index contributed by atoms with van der Waals surface area (Å²) >= 11 is 0. The van der Waals surface area contributed by atoms with Crippen molar-refractivity contribution in [2.45, 2.75) is 0 Å². The molecule has 1 amide bonds. The van der Waals surface area contributed by atoms with Crippen LogP contribution in [-0.2, 0) is 14.3 Å². The lowest BCUT2D eigenvalue weighted by atomic mass is 10.7. The summed E-state index contributed by atoms with van der Waals surface area (Å²) in [6.45, 7) is 0.125. The predicted octanol–water partition coefficient (Wildman–Crippen LogP) is -0.528. The lowest BCUT2D eigenvalue weighted by Gasteiger charge is -1.75. The van der Waals surface area contributed by atoms with Gasteiger partial charge < -0.3 is 4.74 Å². The van der Waals surface area contributed by atoms with Crippen molar-refractivity contribution in [2.75, 3.05) is 6.61 Å². The summed E-state index contributed by atoms with van der Waals surface area (Å²) in [5.41, 5.74) is 0. The molecule has 0 saturated carbocycles. The van der Waals surface area contributed by atoms with Crippen LogP contribution in [0.5, 0.6) is 0 Å². The number of amides is 1. The Hall–Kier alpha value is -1.48. The minimum Gasteiger partial charge on any atom is -0.473 e. The molecule has 1 rings (SSSR count). The zero-order chi connectivity index (χ0) is 7.11. The largest absolute Gasteiger partial charge is 0.473 e. The van der Waals surface area contributed by atoms with E-state index in [4.69, 9.17) is 10.2 Å². The molecule has 0 unspecified atom stereocenters. The molecule has 0 bridgehead atoms. The highest BCUT2D eigenvalue weighted by Gasteiger charge is 2.01. The molecule has 1 N–H and O–H groups in total. The summed E-state index contributed by atoms with van der Waals surface area (Å²) in [5.74, 6) is -0.199. The third-order valence-corrected chi connectivity index (χ3v) is 0.478. The fourth-order valence-electron chi connectivity index (χ4n) is 0.242. The van der Waals surface area contributed by atoms with Crippen molar-refractivity contribution in [1.29, 1.82) is 5.41 Å². The molecule has 5 heteroatoms. The highest BCUT2D eigenvalue weighted by atomic mass is 16.5. The van der Waals surface area contributed by atoms with Crippen LogP contribution >= 0.6 is 0 Å². The summed E-state index contributed by atoms with van der Waals surface area (Å²) in [5, 5.41) is 5.40. The van der Waals surface area contributed by atoms with Crippen LogP contribution in [0.25, 0.3) is 0 Å². The Bertz CT molecular complexity index is 157. The molecule has 0 aromatic heterocycles. The maximum atomic E-state index is 9.92. The zero-order valence-electron chi connectivity index (χ0n) is 4.46. The van der Waals surface area contributed by atoms with E-state index in [1.807, 2.05) is 0 Å². The predicted molar refractivity (Wildman–Crippen MR) is 27.9 cm³/mol. The smallest absolute Gasteiger partial charge is 0.286 e. The van der Waals surface area contributed by atoms with Crippen LogP contribution in [0.15, 0.2) is 4.99 Å². The van der Waals surface area contributed by atoms with Crippen molar-refractivity contribution >= 4 is 18.4 Å². The number of nitrogens with zero attached hydrogens (tertiary/aromatic N) is 1. The third-order valence-electron chi connectivity index (χ3n) is 0.478. The number of rotatable bonds is 0. The lowest BCUT2D eigenvalue weighted by molar-refractivity contribution is -0.118. The van der Waals surface area contributed by atoms with Gasteiger partial charge in [0.25, 0.3) is 5.91 Å². The molecule has 0 spiro atoms. The first kappa shape index (κ1) is 7.52. The molecule has 1 heterocycles. The number of nitrogens with one attached hydrogen (secondary N) is 1. The van der Waals surface area contributed by atoms with E-state index in [9.17, 15) is 4.79 Å². The van der Waals surface area contributed by atoms with Gasteiger partial charge in [-0.1, -0.05) is 0 Å². The van der Waals surface area contributed by atoms with Gasteiger partial charge in [0, 0.05) is 0 Å². The number of isocyanates is 1. The molecule has 1 aliphatic heterocycles. The summed E-state index contributed by atoms with van der Waals surface area (Å²) < 4.78 is 4.42. The molecule has 0 radical (unpaired) electrons. The Morgan fingerprint density at radius 2 is 2.44 bits per heavy atom. The summed E-state index contributed by atoms with van der Waals surface area (Å²) in [6.07, 6.45) is 1.91. The average Bonchev–Trinajstić information content (AvgIpc) is 2.20. The van der Waals surface area contributed by atoms with Crippen LogP contribution in [0.1, 0.15) is 0 Å². The van der Waals surface area contributed by atoms with Gasteiger partial charge in [-0.25, -0.2) is 10.2 Å². The first-order chi connectivity index (χ1) is 4.31. The van der Waals surface area contributed by atoms with Gasteiger partial charge in [0.05, 0.1) is 0 Å². The normalized spacial score (nSPS) is 13.1. The molecule has 0 fully saturated rings. The number of aliphatic imine (C=N–C) groups is 1. The highest BCUT2D eigenvalue weighted by Crippen LogP contribution is 1.83. The zero-order valence-corrected chi connectivity index (χ0v) is 4.46. The Kier molecular flexibility index (Phi) is 3.90. The van der Waals surface area contributed by atoms with Crippen LogP contribution in [-0.4, -0.2) is 25.0 Å². The van der Waals surface area contributed by atoms with E-state index in [1.165, 1.54) is 0 Å². The summed E-state index contributed by atoms with van der Waals surface area (Å²) in [6, 6.07) is 0. The molecule has 48 valence electrons. The van der Waals surface area contributed by atoms with Gasteiger partial charge >= 0.3 is 0 Å². The second-order valence-electron chi connectivity index (χ2n) is 1.04. The summed E-state index contributed by atoms with van der Waals surface area (Å²) in [7, 11) is 0. The van der Waals surface area contributed by atoms with Crippen molar-refractivity contribution in [2.24, 2.45) is 4.99 Å². The monoisotopic (exact) mass is 128 g/mol. The Balaban J connectivity index is 0.000000187. The SMILES string of the molecule is N=C=O.O=C1COC=N1. The van der Waals surface area contributed by atoms with Crippen molar-refractivity contribution in [3.05, 3.63) is 0 Å². The number of hydrogen-bond acceptors (Lipinski definition) is 4. The van der Waals surface area contributed by atoms with Crippen molar-refractivity contribution in [3.63, 3.8) is 0 Å². The Morgan fingerprint density at radius 1 is 1.89 bits per heavy atom. The molecule has 5 nitrogen and oxygen atoms in total. The van der Waals surface area contributed by atoms with E-state index in [2.05, 4.69) is 9.73 Å². The van der Waals surface area contributed by atoms with Gasteiger partial charge in [-0.15, -0.1) is 0 Å². The molecule has 0 aliphatic carbocycles.